The molecule has 0 bridgehead atoms. The number of nitrogens with zero attached hydrogens (tertiary/aromatic N) is 4. The molecule has 2 aliphatic rings. The molecular formula is C26H29BrFN7O2. The highest BCUT2D eigenvalue weighted by Gasteiger charge is 2.44. The summed E-state index contributed by atoms with van der Waals surface area (Å²) in [7, 11) is 2.12. The summed E-state index contributed by atoms with van der Waals surface area (Å²) in [5, 5.41) is 12.8. The maximum absolute atomic E-state index is 14.3. The van der Waals surface area contributed by atoms with Crippen molar-refractivity contribution in [2.75, 3.05) is 48.8 Å². The molecule has 9 nitrogen and oxygen atoms in total. The van der Waals surface area contributed by atoms with E-state index in [0.29, 0.717) is 15.9 Å². The number of halogens is 2. The van der Waals surface area contributed by atoms with E-state index in [1.807, 2.05) is 38.1 Å². The van der Waals surface area contributed by atoms with Gasteiger partial charge in [0, 0.05) is 47.5 Å². The molecule has 1 saturated heterocycles. The number of rotatable bonds is 4. The van der Waals surface area contributed by atoms with Gasteiger partial charge in [-0.1, -0.05) is 6.07 Å². The second-order valence-corrected chi connectivity index (χ2v) is 10.7. The summed E-state index contributed by atoms with van der Waals surface area (Å²) in [6, 6.07) is 11.6. The number of anilines is 3. The lowest BCUT2D eigenvalue weighted by Gasteiger charge is -2.34. The largest absolute Gasteiger partial charge is 0.369 e. The van der Waals surface area contributed by atoms with Crippen molar-refractivity contribution < 1.29 is 14.0 Å². The normalized spacial score (nSPS) is 17.0. The topological polar surface area (TPSA) is 96.6 Å². The molecule has 2 aromatic carbocycles. The van der Waals surface area contributed by atoms with Crippen LogP contribution in [-0.2, 0) is 12.1 Å². The molecule has 0 atom stereocenters. The zero-order valence-corrected chi connectivity index (χ0v) is 22.5. The summed E-state index contributed by atoms with van der Waals surface area (Å²) in [6.07, 6.45) is 0. The summed E-state index contributed by atoms with van der Waals surface area (Å²) >= 11 is 3.28. The summed E-state index contributed by atoms with van der Waals surface area (Å²) in [5.41, 5.74) is 2.37. The van der Waals surface area contributed by atoms with Crippen molar-refractivity contribution in [3.8, 4) is 0 Å². The second-order valence-electron chi connectivity index (χ2n) is 9.89. The number of para-hydroxylation sites is 1. The van der Waals surface area contributed by atoms with Crippen LogP contribution in [0.1, 0.15) is 35.5 Å². The third-order valence-electron chi connectivity index (χ3n) is 7.14. The zero-order chi connectivity index (χ0) is 26.3. The molecule has 0 aliphatic carbocycles. The van der Waals surface area contributed by atoms with Gasteiger partial charge in [-0.3, -0.25) is 9.89 Å². The van der Waals surface area contributed by atoms with Gasteiger partial charge in [-0.15, -0.1) is 0 Å². The SMILES string of the molecule is CN1CCN(c2ccc(C(=O)Nc3n[nH]c4c3CN(C(=O)Nc3c(F)cccc3Br)C4(C)C)cc2)CC1. The third-order valence-corrected chi connectivity index (χ3v) is 7.80. The Hall–Kier alpha value is -3.44. The van der Waals surface area contributed by atoms with Gasteiger partial charge in [0.25, 0.3) is 5.91 Å². The van der Waals surface area contributed by atoms with Gasteiger partial charge in [-0.2, -0.15) is 5.10 Å². The number of likely N-dealkylation sites (N-methyl/N-ethyl adjacent to an activating group) is 1. The Morgan fingerprint density at radius 1 is 1.05 bits per heavy atom. The van der Waals surface area contributed by atoms with Crippen LogP contribution in [0.5, 0.6) is 0 Å². The minimum atomic E-state index is -0.753. The van der Waals surface area contributed by atoms with E-state index in [9.17, 15) is 14.0 Å². The van der Waals surface area contributed by atoms with Crippen molar-refractivity contribution in [1.29, 1.82) is 0 Å². The molecule has 3 aromatic rings. The number of H-pyrrole nitrogens is 1. The number of piperazine rings is 1. The number of amides is 3. The van der Waals surface area contributed by atoms with Crippen molar-refractivity contribution in [1.82, 2.24) is 20.0 Å². The fraction of sp³-hybridized carbons (Fsp3) is 0.346. The Balaban J connectivity index is 1.28. The van der Waals surface area contributed by atoms with Gasteiger partial charge in [0.1, 0.15) is 5.82 Å². The van der Waals surface area contributed by atoms with Crippen LogP contribution in [0.25, 0.3) is 0 Å². The molecule has 0 spiro atoms. The van der Waals surface area contributed by atoms with Crippen molar-refractivity contribution >= 4 is 45.1 Å². The number of fused-ring (bicyclic) bond motifs is 1. The van der Waals surface area contributed by atoms with Gasteiger partial charge in [0.05, 0.1) is 23.5 Å². The second kappa shape index (κ2) is 9.79. The third kappa shape index (κ3) is 4.80. The first-order valence-corrected chi connectivity index (χ1v) is 12.9. The average Bonchev–Trinajstić information content (AvgIpc) is 3.39. The monoisotopic (exact) mass is 569 g/mol. The van der Waals surface area contributed by atoms with E-state index >= 15 is 0 Å². The average molecular weight is 570 g/mol. The van der Waals surface area contributed by atoms with Crippen LogP contribution >= 0.6 is 15.9 Å². The molecule has 1 aromatic heterocycles. The summed E-state index contributed by atoms with van der Waals surface area (Å²) in [4.78, 5) is 32.3. The Morgan fingerprint density at radius 2 is 1.76 bits per heavy atom. The van der Waals surface area contributed by atoms with Gasteiger partial charge >= 0.3 is 6.03 Å². The first-order chi connectivity index (χ1) is 17.6. The number of carbonyl (C=O) groups is 2. The molecule has 2 aliphatic heterocycles. The van der Waals surface area contributed by atoms with E-state index < -0.39 is 17.4 Å². The van der Waals surface area contributed by atoms with Crippen LogP contribution in [0.4, 0.5) is 26.4 Å². The summed E-state index contributed by atoms with van der Waals surface area (Å²) in [5.74, 6) is -0.444. The molecule has 3 amide bonds. The number of aromatic nitrogens is 2. The molecule has 11 heteroatoms. The Labute approximate surface area is 223 Å². The molecule has 5 rings (SSSR count). The molecule has 3 heterocycles. The quantitative estimate of drug-likeness (QED) is 0.426. The van der Waals surface area contributed by atoms with E-state index in [4.69, 9.17) is 0 Å². The molecule has 0 saturated carbocycles. The molecule has 1 fully saturated rings. The van der Waals surface area contributed by atoms with Crippen LogP contribution in [0.15, 0.2) is 46.9 Å². The van der Waals surface area contributed by atoms with E-state index in [2.05, 4.69) is 53.6 Å². The van der Waals surface area contributed by atoms with Crippen LogP contribution in [0.3, 0.4) is 0 Å². The fourth-order valence-corrected chi connectivity index (χ4v) is 5.25. The minimum absolute atomic E-state index is 0.0746. The highest BCUT2D eigenvalue weighted by atomic mass is 79.9. The maximum atomic E-state index is 14.3. The lowest BCUT2D eigenvalue weighted by Crippen LogP contribution is -2.44. The van der Waals surface area contributed by atoms with Gasteiger partial charge in [-0.25, -0.2) is 9.18 Å². The van der Waals surface area contributed by atoms with Crippen LogP contribution in [0, 0.1) is 5.82 Å². The van der Waals surface area contributed by atoms with Crippen molar-refractivity contribution in [3.63, 3.8) is 0 Å². The lowest BCUT2D eigenvalue weighted by atomic mass is 10.0. The van der Waals surface area contributed by atoms with E-state index in [-0.39, 0.29) is 18.1 Å². The standard InChI is InChI=1S/C26H29BrFN7O2/c1-26(2)22-18(15-35(26)25(37)29-21-19(27)5-4-6-20(21)28)23(32-31-22)30-24(36)16-7-9-17(10-8-16)34-13-11-33(3)12-14-34/h4-10H,11-15H2,1-3H3,(H,29,37)(H2,30,31,32,36). The number of nitrogens with one attached hydrogen (secondary N) is 3. The van der Waals surface area contributed by atoms with Gasteiger partial charge in [0.15, 0.2) is 5.82 Å². The number of urea groups is 1. The minimum Gasteiger partial charge on any atom is -0.369 e. The highest BCUT2D eigenvalue weighted by Crippen LogP contribution is 2.41. The first kappa shape index (κ1) is 25.2. The van der Waals surface area contributed by atoms with Gasteiger partial charge in [-0.05, 0) is 73.2 Å². The van der Waals surface area contributed by atoms with Gasteiger partial charge < -0.3 is 25.3 Å². The van der Waals surface area contributed by atoms with Crippen LogP contribution < -0.4 is 15.5 Å². The summed E-state index contributed by atoms with van der Waals surface area (Å²) in [6.45, 7) is 7.87. The molecule has 37 heavy (non-hydrogen) atoms. The predicted octanol–water partition coefficient (Wildman–Crippen LogP) is 4.60. The number of hydrogen-bond acceptors (Lipinski definition) is 5. The molecule has 3 N–H and O–H groups in total. The number of benzene rings is 2. The Bertz CT molecular complexity index is 1310. The zero-order valence-electron chi connectivity index (χ0n) is 20.9. The van der Waals surface area contributed by atoms with E-state index in [0.717, 1.165) is 43.1 Å². The van der Waals surface area contributed by atoms with Crippen molar-refractivity contribution in [2.45, 2.75) is 25.9 Å². The fourth-order valence-electron chi connectivity index (χ4n) is 4.80. The van der Waals surface area contributed by atoms with Crippen molar-refractivity contribution in [3.05, 3.63) is 69.6 Å². The van der Waals surface area contributed by atoms with Crippen LogP contribution in [0.2, 0.25) is 0 Å². The molecule has 0 unspecified atom stereocenters. The predicted molar refractivity (Wildman–Crippen MR) is 144 cm³/mol. The smallest absolute Gasteiger partial charge is 0.323 e. The molecule has 194 valence electrons. The maximum Gasteiger partial charge on any atom is 0.323 e. The van der Waals surface area contributed by atoms with E-state index in [1.54, 1.807) is 17.0 Å². The first-order valence-electron chi connectivity index (χ1n) is 12.1. The van der Waals surface area contributed by atoms with Gasteiger partial charge in [0.2, 0.25) is 0 Å². The van der Waals surface area contributed by atoms with Crippen LogP contribution in [-0.4, -0.2) is 65.2 Å². The van der Waals surface area contributed by atoms with Crippen molar-refractivity contribution in [2.24, 2.45) is 0 Å². The highest BCUT2D eigenvalue weighted by molar-refractivity contribution is 9.10. The molecule has 0 radical (unpaired) electrons. The Kier molecular flexibility index (Phi) is 6.67. The number of carbonyl (C=O) groups excluding carboxylic acids is 2. The Morgan fingerprint density at radius 3 is 2.43 bits per heavy atom. The summed E-state index contributed by atoms with van der Waals surface area (Å²) < 4.78 is 14.7. The van der Waals surface area contributed by atoms with E-state index in [1.165, 1.54) is 6.07 Å². The lowest BCUT2D eigenvalue weighted by molar-refractivity contribution is 0.102. The number of aromatic amines is 1. The molecular weight excluding hydrogens is 541 g/mol. The number of hydrogen-bond donors (Lipinski definition) is 3.